The Hall–Kier alpha value is -2.62. The molecule has 0 spiro atoms. The van der Waals surface area contributed by atoms with E-state index in [9.17, 15) is 9.59 Å². The van der Waals surface area contributed by atoms with Crippen LogP contribution in [0.25, 0.3) is 0 Å². The van der Waals surface area contributed by atoms with Gasteiger partial charge < -0.3 is 10.2 Å². The van der Waals surface area contributed by atoms with Crippen molar-refractivity contribution < 1.29 is 9.59 Å². The summed E-state index contributed by atoms with van der Waals surface area (Å²) in [5, 5.41) is 3.20. The highest BCUT2D eigenvalue weighted by atomic mass is 16.2. The molecule has 2 amide bonds. The number of nitrogens with zero attached hydrogens (tertiary/aromatic N) is 1. The van der Waals surface area contributed by atoms with E-state index in [0.29, 0.717) is 25.1 Å². The standard InChI is InChI=1S/C24H28N2O2/c1-2-22(27)26-15-12-18-16-19(10-11-21(18)26)23(28)25-17-24(13-6-7-14-24)20-8-4-3-5-9-20/h3-5,8-11,16H,2,6-7,12-15,17H2,1H3,(H,25,28). The van der Waals surface area contributed by atoms with Crippen molar-refractivity contribution in [3.8, 4) is 0 Å². The molecule has 4 nitrogen and oxygen atoms in total. The number of rotatable bonds is 5. The van der Waals surface area contributed by atoms with E-state index in [1.165, 1.54) is 18.4 Å². The van der Waals surface area contributed by atoms with Crippen LogP contribution in [-0.4, -0.2) is 24.9 Å². The number of carbonyl (C=O) groups is 2. The lowest BCUT2D eigenvalue weighted by Crippen LogP contribution is -2.39. The highest BCUT2D eigenvalue weighted by molar-refractivity contribution is 5.98. The van der Waals surface area contributed by atoms with E-state index in [-0.39, 0.29) is 17.2 Å². The number of hydrogen-bond donors (Lipinski definition) is 1. The third-order valence-corrected chi connectivity index (χ3v) is 6.37. The normalized spacial score (nSPS) is 17.4. The largest absolute Gasteiger partial charge is 0.351 e. The van der Waals surface area contributed by atoms with Crippen LogP contribution in [0.3, 0.4) is 0 Å². The fraction of sp³-hybridized carbons (Fsp3) is 0.417. The van der Waals surface area contributed by atoms with Gasteiger partial charge in [-0.3, -0.25) is 9.59 Å². The van der Waals surface area contributed by atoms with Crippen molar-refractivity contribution in [1.82, 2.24) is 5.32 Å². The summed E-state index contributed by atoms with van der Waals surface area (Å²) in [7, 11) is 0. The average Bonchev–Trinajstić information content (AvgIpc) is 3.39. The minimum atomic E-state index is -0.0229. The SMILES string of the molecule is CCC(=O)N1CCc2cc(C(=O)NCC3(c4ccccc4)CCCC3)ccc21. The smallest absolute Gasteiger partial charge is 0.251 e. The number of anilines is 1. The van der Waals surface area contributed by atoms with Gasteiger partial charge in [-0.05, 0) is 48.6 Å². The summed E-state index contributed by atoms with van der Waals surface area (Å²) in [6.07, 6.45) is 5.99. The number of nitrogens with one attached hydrogen (secondary N) is 1. The predicted molar refractivity (Wildman–Crippen MR) is 112 cm³/mol. The molecule has 2 aliphatic rings. The van der Waals surface area contributed by atoms with E-state index < -0.39 is 0 Å². The first-order chi connectivity index (χ1) is 13.6. The van der Waals surface area contributed by atoms with Crippen molar-refractivity contribution >= 4 is 17.5 Å². The third-order valence-electron chi connectivity index (χ3n) is 6.37. The highest BCUT2D eigenvalue weighted by Crippen LogP contribution is 2.40. The molecule has 0 atom stereocenters. The van der Waals surface area contributed by atoms with Crippen LogP contribution in [0.5, 0.6) is 0 Å². The van der Waals surface area contributed by atoms with E-state index >= 15 is 0 Å². The molecular weight excluding hydrogens is 348 g/mol. The first-order valence-corrected chi connectivity index (χ1v) is 10.4. The lowest BCUT2D eigenvalue weighted by Gasteiger charge is -2.30. The molecule has 0 saturated heterocycles. The summed E-state index contributed by atoms with van der Waals surface area (Å²) >= 11 is 0. The van der Waals surface area contributed by atoms with Crippen LogP contribution in [0.1, 0.15) is 60.5 Å². The topological polar surface area (TPSA) is 49.4 Å². The first kappa shape index (κ1) is 18.7. The predicted octanol–water partition coefficient (Wildman–Crippen LogP) is 4.23. The van der Waals surface area contributed by atoms with E-state index in [2.05, 4.69) is 29.6 Å². The van der Waals surface area contributed by atoms with Crippen molar-refractivity contribution in [2.45, 2.75) is 50.9 Å². The Morgan fingerprint density at radius 3 is 2.54 bits per heavy atom. The van der Waals surface area contributed by atoms with E-state index in [1.807, 2.05) is 36.1 Å². The molecule has 1 aliphatic heterocycles. The number of hydrogen-bond acceptors (Lipinski definition) is 2. The summed E-state index contributed by atoms with van der Waals surface area (Å²) in [5.74, 6) is 0.118. The lowest BCUT2D eigenvalue weighted by molar-refractivity contribution is -0.118. The van der Waals surface area contributed by atoms with Crippen LogP contribution >= 0.6 is 0 Å². The van der Waals surface area contributed by atoms with Crippen LogP contribution in [0.2, 0.25) is 0 Å². The van der Waals surface area contributed by atoms with Gasteiger partial charge in [0.05, 0.1) is 0 Å². The second kappa shape index (κ2) is 7.78. The van der Waals surface area contributed by atoms with Crippen molar-refractivity contribution in [1.29, 1.82) is 0 Å². The molecular formula is C24H28N2O2. The van der Waals surface area contributed by atoms with Gasteiger partial charge in [0.15, 0.2) is 0 Å². The third kappa shape index (κ3) is 3.44. The van der Waals surface area contributed by atoms with Crippen molar-refractivity contribution in [2.75, 3.05) is 18.0 Å². The molecule has 1 fully saturated rings. The van der Waals surface area contributed by atoms with E-state index in [0.717, 1.165) is 30.5 Å². The van der Waals surface area contributed by atoms with Crippen molar-refractivity contribution in [3.05, 3.63) is 65.2 Å². The summed E-state index contributed by atoms with van der Waals surface area (Å²) in [4.78, 5) is 26.7. The van der Waals surface area contributed by atoms with Crippen LogP contribution < -0.4 is 10.2 Å². The fourth-order valence-electron chi connectivity index (χ4n) is 4.76. The number of fused-ring (bicyclic) bond motifs is 1. The van der Waals surface area contributed by atoms with Gasteiger partial charge >= 0.3 is 0 Å². The van der Waals surface area contributed by atoms with Gasteiger partial charge in [-0.1, -0.05) is 50.1 Å². The lowest BCUT2D eigenvalue weighted by atomic mass is 9.79. The van der Waals surface area contributed by atoms with Crippen LogP contribution in [-0.2, 0) is 16.6 Å². The van der Waals surface area contributed by atoms with Gasteiger partial charge in [0.1, 0.15) is 0 Å². The summed E-state index contributed by atoms with van der Waals surface area (Å²) in [6, 6.07) is 16.3. The van der Waals surface area contributed by atoms with Gasteiger partial charge in [-0.25, -0.2) is 0 Å². The number of carbonyl (C=O) groups excluding carboxylic acids is 2. The minimum absolute atomic E-state index is 0.0229. The molecule has 1 heterocycles. The average molecular weight is 377 g/mol. The molecule has 2 aromatic rings. The van der Waals surface area contributed by atoms with Crippen LogP contribution in [0.4, 0.5) is 5.69 Å². The summed E-state index contributed by atoms with van der Waals surface area (Å²) < 4.78 is 0. The fourth-order valence-corrected chi connectivity index (χ4v) is 4.76. The first-order valence-electron chi connectivity index (χ1n) is 10.4. The van der Waals surface area contributed by atoms with Crippen molar-refractivity contribution in [3.63, 3.8) is 0 Å². The second-order valence-corrected chi connectivity index (χ2v) is 8.03. The molecule has 0 aromatic heterocycles. The van der Waals surface area contributed by atoms with E-state index in [4.69, 9.17) is 0 Å². The molecule has 146 valence electrons. The number of benzene rings is 2. The maximum absolute atomic E-state index is 12.9. The Morgan fingerprint density at radius 2 is 1.82 bits per heavy atom. The minimum Gasteiger partial charge on any atom is -0.351 e. The Kier molecular flexibility index (Phi) is 5.21. The zero-order valence-corrected chi connectivity index (χ0v) is 16.5. The Labute approximate surface area is 166 Å². The number of amides is 2. The van der Waals surface area contributed by atoms with Gasteiger partial charge in [0.2, 0.25) is 5.91 Å². The van der Waals surface area contributed by atoms with Gasteiger partial charge in [0, 0.05) is 36.2 Å². The monoisotopic (exact) mass is 376 g/mol. The van der Waals surface area contributed by atoms with Gasteiger partial charge in [-0.2, -0.15) is 0 Å². The Balaban J connectivity index is 1.48. The van der Waals surface area contributed by atoms with Crippen molar-refractivity contribution in [2.24, 2.45) is 0 Å². The summed E-state index contributed by atoms with van der Waals surface area (Å²) in [6.45, 7) is 3.27. The molecule has 0 bridgehead atoms. The molecule has 4 heteroatoms. The molecule has 28 heavy (non-hydrogen) atoms. The molecule has 1 N–H and O–H groups in total. The zero-order valence-electron chi connectivity index (χ0n) is 16.5. The quantitative estimate of drug-likeness (QED) is 0.849. The maximum Gasteiger partial charge on any atom is 0.251 e. The molecule has 4 rings (SSSR count). The molecule has 1 aliphatic carbocycles. The Morgan fingerprint density at radius 1 is 1.07 bits per heavy atom. The van der Waals surface area contributed by atoms with Gasteiger partial charge in [0.25, 0.3) is 5.91 Å². The van der Waals surface area contributed by atoms with Gasteiger partial charge in [-0.15, -0.1) is 0 Å². The molecule has 0 radical (unpaired) electrons. The Bertz CT molecular complexity index is 869. The highest BCUT2D eigenvalue weighted by Gasteiger charge is 2.36. The molecule has 2 aromatic carbocycles. The summed E-state index contributed by atoms with van der Waals surface area (Å²) in [5.41, 5.74) is 4.12. The molecule has 0 unspecified atom stereocenters. The van der Waals surface area contributed by atoms with E-state index in [1.54, 1.807) is 0 Å². The zero-order chi connectivity index (χ0) is 19.6. The van der Waals surface area contributed by atoms with Crippen LogP contribution in [0, 0.1) is 0 Å². The maximum atomic E-state index is 12.9. The molecule has 1 saturated carbocycles. The second-order valence-electron chi connectivity index (χ2n) is 8.03. The van der Waals surface area contributed by atoms with Crippen LogP contribution in [0.15, 0.2) is 48.5 Å².